The fraction of sp³-hybridized carbons (Fsp3) is 0.800. The summed E-state index contributed by atoms with van der Waals surface area (Å²) in [6.45, 7) is 9.74. The first-order valence-corrected chi connectivity index (χ1v) is 9.42. The van der Waals surface area contributed by atoms with Crippen molar-refractivity contribution >= 4 is 10.0 Å². The lowest BCUT2D eigenvalue weighted by molar-refractivity contribution is 0.298. The van der Waals surface area contributed by atoms with Crippen LogP contribution in [0.2, 0.25) is 0 Å². The molecule has 1 N–H and O–H groups in total. The first kappa shape index (κ1) is 17.4. The highest BCUT2D eigenvalue weighted by molar-refractivity contribution is 7.89. The normalized spacial score (nSPS) is 18.3. The minimum Gasteiger partial charge on any atom is -0.317 e. The fourth-order valence-corrected chi connectivity index (χ4v) is 4.93. The molecule has 1 aromatic rings. The molecule has 0 atom stereocenters. The monoisotopic (exact) mass is 328 g/mol. The topological polar surface area (TPSA) is 67.2 Å². The quantitative estimate of drug-likeness (QED) is 0.890. The Morgan fingerprint density at radius 2 is 1.86 bits per heavy atom. The minimum absolute atomic E-state index is 0.399. The molecule has 1 saturated heterocycles. The molecule has 0 unspecified atom stereocenters. The molecule has 0 bridgehead atoms. The summed E-state index contributed by atoms with van der Waals surface area (Å²) < 4.78 is 29.4. The van der Waals surface area contributed by atoms with Crippen LogP contribution in [0.3, 0.4) is 0 Å². The number of aryl methyl sites for hydroxylation is 1. The molecule has 0 amide bonds. The third kappa shape index (κ3) is 3.36. The van der Waals surface area contributed by atoms with Crippen molar-refractivity contribution in [1.29, 1.82) is 0 Å². The molecule has 2 rings (SSSR count). The Bertz CT molecular complexity index is 614. The maximum atomic E-state index is 13.0. The number of aromatic nitrogens is 2. The zero-order valence-corrected chi connectivity index (χ0v) is 15.1. The number of sulfonamides is 1. The smallest absolute Gasteiger partial charge is 0.246 e. The van der Waals surface area contributed by atoms with E-state index in [9.17, 15) is 8.42 Å². The Labute approximate surface area is 133 Å². The van der Waals surface area contributed by atoms with Gasteiger partial charge in [-0.25, -0.2) is 8.42 Å². The number of piperidine rings is 1. The van der Waals surface area contributed by atoms with Crippen LogP contribution in [0.1, 0.15) is 38.1 Å². The zero-order valence-electron chi connectivity index (χ0n) is 14.3. The Morgan fingerprint density at radius 1 is 1.27 bits per heavy atom. The van der Waals surface area contributed by atoms with Gasteiger partial charge in [0.15, 0.2) is 0 Å². The molecule has 22 heavy (non-hydrogen) atoms. The van der Waals surface area contributed by atoms with E-state index < -0.39 is 10.0 Å². The molecule has 126 valence electrons. The van der Waals surface area contributed by atoms with Gasteiger partial charge in [-0.05, 0) is 39.7 Å². The summed E-state index contributed by atoms with van der Waals surface area (Å²) in [5, 5.41) is 7.67. The number of nitrogens with zero attached hydrogens (tertiary/aromatic N) is 3. The van der Waals surface area contributed by atoms with E-state index in [1.165, 1.54) is 0 Å². The van der Waals surface area contributed by atoms with Crippen LogP contribution >= 0.6 is 0 Å². The van der Waals surface area contributed by atoms with E-state index in [1.807, 2.05) is 18.7 Å². The molecule has 7 heteroatoms. The van der Waals surface area contributed by atoms with Gasteiger partial charge in [0.2, 0.25) is 10.0 Å². The maximum Gasteiger partial charge on any atom is 0.246 e. The van der Waals surface area contributed by atoms with Crippen molar-refractivity contribution in [2.45, 2.75) is 58.0 Å². The number of hydrogen-bond acceptors (Lipinski definition) is 4. The Balaban J connectivity index is 2.28. The Morgan fingerprint density at radius 3 is 2.36 bits per heavy atom. The molecule has 1 aliphatic heterocycles. The SMILES string of the molecule is CNC1CCN(S(=O)(=O)c2c(C)nn(CC(C)C)c2C)CC1. The summed E-state index contributed by atoms with van der Waals surface area (Å²) in [5.74, 6) is 0.430. The second kappa shape index (κ2) is 6.68. The van der Waals surface area contributed by atoms with Crippen molar-refractivity contribution in [3.05, 3.63) is 11.4 Å². The number of rotatable bonds is 5. The molecule has 0 aromatic carbocycles. The van der Waals surface area contributed by atoms with Gasteiger partial charge in [-0.1, -0.05) is 13.8 Å². The molecular formula is C15H28N4O2S. The molecule has 6 nitrogen and oxygen atoms in total. The highest BCUT2D eigenvalue weighted by atomic mass is 32.2. The van der Waals surface area contributed by atoms with E-state index in [0.717, 1.165) is 25.1 Å². The summed E-state index contributed by atoms with van der Waals surface area (Å²) >= 11 is 0. The second-order valence-electron chi connectivity index (χ2n) is 6.54. The first-order chi connectivity index (χ1) is 10.3. The standard InChI is InChI=1S/C15H28N4O2S/c1-11(2)10-19-13(4)15(12(3)17-19)22(20,21)18-8-6-14(16-5)7-9-18/h11,14,16H,6-10H2,1-5H3. The highest BCUT2D eigenvalue weighted by Crippen LogP contribution is 2.26. The lowest BCUT2D eigenvalue weighted by Crippen LogP contribution is -2.44. The van der Waals surface area contributed by atoms with Crippen molar-refractivity contribution in [2.75, 3.05) is 20.1 Å². The van der Waals surface area contributed by atoms with Crippen molar-refractivity contribution in [3.8, 4) is 0 Å². The van der Waals surface area contributed by atoms with Gasteiger partial charge in [-0.2, -0.15) is 9.40 Å². The molecule has 1 fully saturated rings. The molecule has 0 aliphatic carbocycles. The Hall–Kier alpha value is -0.920. The van der Waals surface area contributed by atoms with Crippen molar-refractivity contribution in [2.24, 2.45) is 5.92 Å². The minimum atomic E-state index is -3.45. The largest absolute Gasteiger partial charge is 0.317 e. The van der Waals surface area contributed by atoms with Crippen LogP contribution in [-0.2, 0) is 16.6 Å². The summed E-state index contributed by atoms with van der Waals surface area (Å²) in [6.07, 6.45) is 1.71. The summed E-state index contributed by atoms with van der Waals surface area (Å²) in [4.78, 5) is 0.399. The van der Waals surface area contributed by atoms with E-state index in [4.69, 9.17) is 0 Å². The van der Waals surface area contributed by atoms with Crippen molar-refractivity contribution in [1.82, 2.24) is 19.4 Å². The summed E-state index contributed by atoms with van der Waals surface area (Å²) in [6, 6.07) is 0.414. The van der Waals surface area contributed by atoms with Gasteiger partial charge in [0.1, 0.15) is 4.90 Å². The van der Waals surface area contributed by atoms with Gasteiger partial charge in [-0.3, -0.25) is 4.68 Å². The lowest BCUT2D eigenvalue weighted by atomic mass is 10.1. The van der Waals surface area contributed by atoms with E-state index >= 15 is 0 Å². The third-order valence-corrected chi connectivity index (χ3v) is 6.46. The molecule has 1 aromatic heterocycles. The number of nitrogens with one attached hydrogen (secondary N) is 1. The van der Waals surface area contributed by atoms with Crippen LogP contribution in [-0.4, -0.2) is 48.7 Å². The zero-order chi connectivity index (χ0) is 16.5. The average Bonchev–Trinajstić information content (AvgIpc) is 2.73. The van der Waals surface area contributed by atoms with Crippen LogP contribution in [0.4, 0.5) is 0 Å². The van der Waals surface area contributed by atoms with Crippen molar-refractivity contribution in [3.63, 3.8) is 0 Å². The Kier molecular flexibility index (Phi) is 5.29. The molecule has 2 heterocycles. The van der Waals surface area contributed by atoms with Gasteiger partial charge in [0.25, 0.3) is 0 Å². The van der Waals surface area contributed by atoms with Gasteiger partial charge < -0.3 is 5.32 Å². The molecule has 0 radical (unpaired) electrons. The summed E-state index contributed by atoms with van der Waals surface area (Å²) in [5.41, 5.74) is 1.36. The average molecular weight is 328 g/mol. The van der Waals surface area contributed by atoms with Crippen LogP contribution in [0.15, 0.2) is 4.90 Å². The van der Waals surface area contributed by atoms with E-state index in [-0.39, 0.29) is 0 Å². The first-order valence-electron chi connectivity index (χ1n) is 7.98. The highest BCUT2D eigenvalue weighted by Gasteiger charge is 2.33. The van der Waals surface area contributed by atoms with Gasteiger partial charge in [0.05, 0.1) is 11.4 Å². The van der Waals surface area contributed by atoms with Gasteiger partial charge in [0, 0.05) is 25.7 Å². The molecule has 0 spiro atoms. The number of hydrogen-bond donors (Lipinski definition) is 1. The molecule has 0 saturated carbocycles. The predicted molar refractivity (Wildman–Crippen MR) is 87.4 cm³/mol. The fourth-order valence-electron chi connectivity index (χ4n) is 3.09. The summed E-state index contributed by atoms with van der Waals surface area (Å²) in [7, 11) is -1.52. The third-order valence-electron chi connectivity index (χ3n) is 4.31. The van der Waals surface area contributed by atoms with Gasteiger partial charge in [-0.15, -0.1) is 0 Å². The van der Waals surface area contributed by atoms with Crippen LogP contribution in [0, 0.1) is 19.8 Å². The predicted octanol–water partition coefficient (Wildman–Crippen LogP) is 1.53. The maximum absolute atomic E-state index is 13.0. The lowest BCUT2D eigenvalue weighted by Gasteiger charge is -2.31. The molecular weight excluding hydrogens is 300 g/mol. The van der Waals surface area contributed by atoms with E-state index in [1.54, 1.807) is 11.2 Å². The van der Waals surface area contributed by atoms with Crippen LogP contribution in [0.5, 0.6) is 0 Å². The van der Waals surface area contributed by atoms with Crippen molar-refractivity contribution < 1.29 is 8.42 Å². The van der Waals surface area contributed by atoms with Crippen LogP contribution in [0.25, 0.3) is 0 Å². The van der Waals surface area contributed by atoms with Crippen LogP contribution < -0.4 is 5.32 Å². The van der Waals surface area contributed by atoms with E-state index in [0.29, 0.717) is 35.6 Å². The van der Waals surface area contributed by atoms with E-state index in [2.05, 4.69) is 24.3 Å². The van der Waals surface area contributed by atoms with Gasteiger partial charge >= 0.3 is 0 Å². The second-order valence-corrected chi connectivity index (χ2v) is 8.42. The molecule has 1 aliphatic rings.